The molecule has 0 radical (unpaired) electrons. The SMILES string of the molecule is CN(C)C(=O)c1cc(NC(=O)C2CCNC2)ccc1F.Cl. The first-order valence-electron chi connectivity index (χ1n) is 6.52. The van der Waals surface area contributed by atoms with Gasteiger partial charge in [0.2, 0.25) is 5.91 Å². The zero-order valence-corrected chi connectivity index (χ0v) is 12.8. The van der Waals surface area contributed by atoms with E-state index in [1.165, 1.54) is 23.1 Å². The number of carbonyl (C=O) groups is 2. The van der Waals surface area contributed by atoms with Gasteiger partial charge in [0.15, 0.2) is 0 Å². The summed E-state index contributed by atoms with van der Waals surface area (Å²) < 4.78 is 13.6. The van der Waals surface area contributed by atoms with Crippen LogP contribution in [0, 0.1) is 11.7 Å². The number of amides is 2. The molecule has 1 aliphatic heterocycles. The lowest BCUT2D eigenvalue weighted by Crippen LogP contribution is -2.25. The van der Waals surface area contributed by atoms with Crippen LogP contribution in [0.4, 0.5) is 10.1 Å². The van der Waals surface area contributed by atoms with Gasteiger partial charge in [-0.05, 0) is 31.2 Å². The van der Waals surface area contributed by atoms with E-state index in [2.05, 4.69) is 10.6 Å². The number of anilines is 1. The van der Waals surface area contributed by atoms with Gasteiger partial charge in [-0.25, -0.2) is 4.39 Å². The van der Waals surface area contributed by atoms with Crippen LogP contribution in [0.25, 0.3) is 0 Å². The lowest BCUT2D eigenvalue weighted by atomic mass is 10.1. The molecule has 1 unspecified atom stereocenters. The molecule has 0 bridgehead atoms. The molecule has 0 spiro atoms. The fourth-order valence-electron chi connectivity index (χ4n) is 2.13. The number of nitrogens with zero attached hydrogens (tertiary/aromatic N) is 1. The molecule has 1 aromatic rings. The Morgan fingerprint density at radius 2 is 2.10 bits per heavy atom. The highest BCUT2D eigenvalue weighted by molar-refractivity contribution is 5.97. The largest absolute Gasteiger partial charge is 0.345 e. The van der Waals surface area contributed by atoms with Crippen LogP contribution in [0.5, 0.6) is 0 Å². The first-order chi connectivity index (χ1) is 9.49. The van der Waals surface area contributed by atoms with Gasteiger partial charge < -0.3 is 15.5 Å². The fourth-order valence-corrected chi connectivity index (χ4v) is 2.13. The second-order valence-electron chi connectivity index (χ2n) is 5.07. The van der Waals surface area contributed by atoms with E-state index in [-0.39, 0.29) is 29.8 Å². The van der Waals surface area contributed by atoms with Gasteiger partial charge in [-0.3, -0.25) is 9.59 Å². The van der Waals surface area contributed by atoms with Crippen molar-refractivity contribution in [2.75, 3.05) is 32.5 Å². The van der Waals surface area contributed by atoms with E-state index >= 15 is 0 Å². The zero-order valence-electron chi connectivity index (χ0n) is 12.0. The highest BCUT2D eigenvalue weighted by Gasteiger charge is 2.23. The van der Waals surface area contributed by atoms with Crippen molar-refractivity contribution in [1.29, 1.82) is 0 Å². The average Bonchev–Trinajstić information content (AvgIpc) is 2.94. The topological polar surface area (TPSA) is 61.4 Å². The summed E-state index contributed by atoms with van der Waals surface area (Å²) in [7, 11) is 3.11. The smallest absolute Gasteiger partial charge is 0.256 e. The number of benzene rings is 1. The van der Waals surface area contributed by atoms with Crippen molar-refractivity contribution in [1.82, 2.24) is 10.2 Å². The number of hydrogen-bond donors (Lipinski definition) is 2. The molecule has 1 aromatic carbocycles. The van der Waals surface area contributed by atoms with Gasteiger partial charge in [0.25, 0.3) is 5.91 Å². The molecular weight excluding hydrogens is 297 g/mol. The van der Waals surface area contributed by atoms with Gasteiger partial charge in [-0.2, -0.15) is 0 Å². The Morgan fingerprint density at radius 1 is 1.38 bits per heavy atom. The van der Waals surface area contributed by atoms with Crippen LogP contribution < -0.4 is 10.6 Å². The van der Waals surface area contributed by atoms with Crippen LogP contribution in [0.2, 0.25) is 0 Å². The van der Waals surface area contributed by atoms with Crippen LogP contribution in [0.3, 0.4) is 0 Å². The van der Waals surface area contributed by atoms with Crippen molar-refractivity contribution >= 4 is 29.9 Å². The molecule has 0 saturated carbocycles. The van der Waals surface area contributed by atoms with Crippen molar-refractivity contribution in [2.45, 2.75) is 6.42 Å². The van der Waals surface area contributed by atoms with Gasteiger partial charge in [-0.1, -0.05) is 0 Å². The van der Waals surface area contributed by atoms with Crippen molar-refractivity contribution < 1.29 is 14.0 Å². The minimum atomic E-state index is -0.593. The van der Waals surface area contributed by atoms with Crippen LogP contribution in [0.15, 0.2) is 18.2 Å². The maximum atomic E-state index is 13.6. The molecule has 2 amide bonds. The molecule has 5 nitrogen and oxygen atoms in total. The predicted octanol–water partition coefficient (Wildman–Crippen LogP) is 1.50. The third-order valence-electron chi connectivity index (χ3n) is 3.30. The molecular formula is C14H19ClFN3O2. The number of halogens is 2. The molecule has 1 atom stereocenters. The summed E-state index contributed by atoms with van der Waals surface area (Å²) in [6.45, 7) is 1.47. The molecule has 1 fully saturated rings. The summed E-state index contributed by atoms with van der Waals surface area (Å²) in [5.74, 6) is -1.21. The van der Waals surface area contributed by atoms with Gasteiger partial charge in [0.05, 0.1) is 11.5 Å². The second-order valence-corrected chi connectivity index (χ2v) is 5.07. The molecule has 2 N–H and O–H groups in total. The van der Waals surface area contributed by atoms with Crippen LogP contribution in [-0.2, 0) is 4.79 Å². The average molecular weight is 316 g/mol. The van der Waals surface area contributed by atoms with Gasteiger partial charge in [0.1, 0.15) is 5.82 Å². The maximum Gasteiger partial charge on any atom is 0.256 e. The summed E-state index contributed by atoms with van der Waals surface area (Å²) >= 11 is 0. The van der Waals surface area contributed by atoms with E-state index in [0.29, 0.717) is 12.2 Å². The van der Waals surface area contributed by atoms with Gasteiger partial charge in [0, 0.05) is 26.3 Å². The molecule has 116 valence electrons. The van der Waals surface area contributed by atoms with Crippen molar-refractivity contribution in [3.8, 4) is 0 Å². The molecule has 0 aromatic heterocycles. The van der Waals surface area contributed by atoms with Crippen LogP contribution in [0.1, 0.15) is 16.8 Å². The van der Waals surface area contributed by atoms with Crippen molar-refractivity contribution in [3.63, 3.8) is 0 Å². The van der Waals surface area contributed by atoms with E-state index in [9.17, 15) is 14.0 Å². The summed E-state index contributed by atoms with van der Waals surface area (Å²) in [5.41, 5.74) is 0.394. The Labute approximate surface area is 129 Å². The summed E-state index contributed by atoms with van der Waals surface area (Å²) in [4.78, 5) is 25.1. The third-order valence-corrected chi connectivity index (χ3v) is 3.30. The first kappa shape index (κ1) is 17.4. The Morgan fingerprint density at radius 3 is 2.67 bits per heavy atom. The second kappa shape index (κ2) is 7.38. The standard InChI is InChI=1S/C14H18FN3O2.ClH/c1-18(2)14(20)11-7-10(3-4-12(11)15)17-13(19)9-5-6-16-8-9;/h3-4,7,9,16H,5-6,8H2,1-2H3,(H,17,19);1H. The Hall–Kier alpha value is -1.66. The quantitative estimate of drug-likeness (QED) is 0.888. The number of hydrogen-bond acceptors (Lipinski definition) is 3. The maximum absolute atomic E-state index is 13.6. The van der Waals surface area contributed by atoms with Gasteiger partial charge >= 0.3 is 0 Å². The fraction of sp³-hybridized carbons (Fsp3) is 0.429. The number of nitrogens with one attached hydrogen (secondary N) is 2. The molecule has 2 rings (SSSR count). The molecule has 1 saturated heterocycles. The highest BCUT2D eigenvalue weighted by Crippen LogP contribution is 2.18. The van der Waals surface area contributed by atoms with Crippen molar-refractivity contribution in [2.24, 2.45) is 5.92 Å². The van der Waals surface area contributed by atoms with E-state index in [1.807, 2.05) is 0 Å². The molecule has 7 heteroatoms. The molecule has 1 heterocycles. The molecule has 21 heavy (non-hydrogen) atoms. The van der Waals surface area contributed by atoms with E-state index < -0.39 is 11.7 Å². The number of rotatable bonds is 3. The predicted molar refractivity (Wildman–Crippen MR) is 81.3 cm³/mol. The Balaban J connectivity index is 0.00000220. The number of carbonyl (C=O) groups excluding carboxylic acids is 2. The monoisotopic (exact) mass is 315 g/mol. The zero-order chi connectivity index (χ0) is 14.7. The van der Waals surface area contributed by atoms with Gasteiger partial charge in [-0.15, -0.1) is 12.4 Å². The van der Waals surface area contributed by atoms with Crippen LogP contribution >= 0.6 is 12.4 Å². The lowest BCUT2D eigenvalue weighted by molar-refractivity contribution is -0.119. The van der Waals surface area contributed by atoms with E-state index in [1.54, 1.807) is 14.1 Å². The summed E-state index contributed by atoms with van der Waals surface area (Å²) in [6.07, 6.45) is 0.788. The highest BCUT2D eigenvalue weighted by atomic mass is 35.5. The molecule has 0 aliphatic carbocycles. The minimum absolute atomic E-state index is 0. The summed E-state index contributed by atoms with van der Waals surface area (Å²) in [5, 5.41) is 5.84. The summed E-state index contributed by atoms with van der Waals surface area (Å²) in [6, 6.07) is 4.03. The lowest BCUT2D eigenvalue weighted by Gasteiger charge is -2.14. The normalized spacial score (nSPS) is 17.0. The van der Waals surface area contributed by atoms with E-state index in [0.717, 1.165) is 13.0 Å². The van der Waals surface area contributed by atoms with Crippen molar-refractivity contribution in [3.05, 3.63) is 29.6 Å². The Kier molecular flexibility index (Phi) is 6.11. The first-order valence-corrected chi connectivity index (χ1v) is 6.52. The Bertz CT molecular complexity index is 531. The minimum Gasteiger partial charge on any atom is -0.345 e. The molecule has 1 aliphatic rings. The third kappa shape index (κ3) is 4.15. The van der Waals surface area contributed by atoms with Crippen LogP contribution in [-0.4, -0.2) is 43.9 Å². The van der Waals surface area contributed by atoms with E-state index in [4.69, 9.17) is 0 Å².